The molecule has 9 nitrogen and oxygen atoms in total. The lowest BCUT2D eigenvalue weighted by Crippen LogP contribution is -2.60. The first-order valence-electron chi connectivity index (χ1n) is 13.2. The van der Waals surface area contributed by atoms with Crippen LogP contribution in [0.1, 0.15) is 52.6 Å². The summed E-state index contributed by atoms with van der Waals surface area (Å²) in [6.07, 6.45) is 2.20. The van der Waals surface area contributed by atoms with E-state index in [0.717, 1.165) is 0 Å². The first kappa shape index (κ1) is 26.4. The van der Waals surface area contributed by atoms with E-state index in [2.05, 4.69) is 0 Å². The molecule has 1 spiro atoms. The molecule has 2 aromatic rings. The zero-order valence-corrected chi connectivity index (χ0v) is 22.4. The Balaban J connectivity index is 1.37. The van der Waals surface area contributed by atoms with Crippen molar-refractivity contribution in [2.24, 2.45) is 5.92 Å². The average Bonchev–Trinajstić information content (AvgIpc) is 3.62. The van der Waals surface area contributed by atoms with Gasteiger partial charge >= 0.3 is 5.97 Å². The van der Waals surface area contributed by atoms with Crippen LogP contribution in [0.4, 0.5) is 0 Å². The van der Waals surface area contributed by atoms with Gasteiger partial charge in [0.25, 0.3) is 11.8 Å². The van der Waals surface area contributed by atoms with Crippen LogP contribution in [-0.4, -0.2) is 89.6 Å². The number of esters is 1. The lowest BCUT2D eigenvalue weighted by atomic mass is 9.95. The summed E-state index contributed by atoms with van der Waals surface area (Å²) in [4.78, 5) is 58.8. The standard InChI is InChI=1S/C28H33N3O6S/c1-2-36-27(35)21-10-6-14-30(18-21)25(33)22-19-37-28(31(22)24(32)20-8-4-3-5-9-20)12-15-29(16-13-28)26(34)23-11-7-17-38-23/h3-5,7-9,11,17,21-22H,2,6,10,12-16,18-19H2,1H3/t21-,22+/m1/s1. The molecular weight excluding hydrogens is 506 g/mol. The van der Waals surface area contributed by atoms with Crippen LogP contribution in [0.5, 0.6) is 0 Å². The van der Waals surface area contributed by atoms with E-state index in [0.29, 0.717) is 62.4 Å². The molecule has 0 aliphatic carbocycles. The highest BCUT2D eigenvalue weighted by Crippen LogP contribution is 2.39. The number of carbonyl (C=O) groups excluding carboxylic acids is 4. The summed E-state index contributed by atoms with van der Waals surface area (Å²) in [6, 6.07) is 11.8. The van der Waals surface area contributed by atoms with Crippen molar-refractivity contribution in [3.63, 3.8) is 0 Å². The summed E-state index contributed by atoms with van der Waals surface area (Å²) in [7, 11) is 0. The van der Waals surface area contributed by atoms with E-state index < -0.39 is 11.8 Å². The van der Waals surface area contributed by atoms with Gasteiger partial charge in [-0.3, -0.25) is 24.1 Å². The molecule has 3 amide bonds. The fourth-order valence-electron chi connectivity index (χ4n) is 5.73. The first-order valence-corrected chi connectivity index (χ1v) is 14.1. The van der Waals surface area contributed by atoms with Gasteiger partial charge in [0, 0.05) is 44.6 Å². The Kier molecular flexibility index (Phi) is 7.80. The molecule has 3 aliphatic rings. The zero-order chi connectivity index (χ0) is 26.7. The molecule has 4 heterocycles. The number of hydrogen-bond acceptors (Lipinski definition) is 7. The van der Waals surface area contributed by atoms with E-state index in [4.69, 9.17) is 9.47 Å². The lowest BCUT2D eigenvalue weighted by Gasteiger charge is -2.45. The van der Waals surface area contributed by atoms with E-state index in [1.807, 2.05) is 23.6 Å². The summed E-state index contributed by atoms with van der Waals surface area (Å²) in [5.74, 6) is -1.16. The zero-order valence-electron chi connectivity index (χ0n) is 21.5. The first-order chi connectivity index (χ1) is 18.4. The summed E-state index contributed by atoms with van der Waals surface area (Å²) in [6.45, 7) is 3.79. The lowest BCUT2D eigenvalue weighted by molar-refractivity contribution is -0.152. The third-order valence-corrected chi connectivity index (χ3v) is 8.56. The minimum atomic E-state index is -0.976. The molecule has 3 saturated heterocycles. The van der Waals surface area contributed by atoms with Crippen LogP contribution in [-0.2, 0) is 19.1 Å². The van der Waals surface area contributed by atoms with E-state index in [1.54, 1.807) is 45.9 Å². The Morgan fingerprint density at radius 3 is 2.45 bits per heavy atom. The van der Waals surface area contributed by atoms with Gasteiger partial charge in [-0.1, -0.05) is 24.3 Å². The number of likely N-dealkylation sites (tertiary alicyclic amines) is 2. The number of carbonyl (C=O) groups is 4. The summed E-state index contributed by atoms with van der Waals surface area (Å²) in [5.41, 5.74) is -0.495. The molecule has 0 unspecified atom stereocenters. The van der Waals surface area contributed by atoms with Crippen molar-refractivity contribution in [3.05, 3.63) is 58.3 Å². The SMILES string of the molecule is CCOC(=O)[C@@H]1CCCN(C(=O)[C@@H]2COC3(CCN(C(=O)c4cccs4)CC3)N2C(=O)c2ccccc2)C1. The van der Waals surface area contributed by atoms with Crippen molar-refractivity contribution in [2.45, 2.75) is 44.4 Å². The van der Waals surface area contributed by atoms with Crippen LogP contribution in [0, 0.1) is 5.92 Å². The Morgan fingerprint density at radius 2 is 1.76 bits per heavy atom. The van der Waals surface area contributed by atoms with Crippen LogP contribution in [0.2, 0.25) is 0 Å². The number of benzene rings is 1. The highest BCUT2D eigenvalue weighted by Gasteiger charge is 2.55. The molecule has 1 aromatic carbocycles. The molecule has 3 aliphatic heterocycles. The Hall–Kier alpha value is -3.24. The van der Waals surface area contributed by atoms with Gasteiger partial charge in [0.05, 0.1) is 24.0 Å². The van der Waals surface area contributed by atoms with Crippen molar-refractivity contribution < 1.29 is 28.7 Å². The van der Waals surface area contributed by atoms with E-state index in [9.17, 15) is 19.2 Å². The predicted octanol–water partition coefficient (Wildman–Crippen LogP) is 3.02. The maximum atomic E-state index is 13.9. The number of nitrogens with zero attached hydrogens (tertiary/aromatic N) is 3. The summed E-state index contributed by atoms with van der Waals surface area (Å²) >= 11 is 1.41. The number of rotatable bonds is 5. The van der Waals surface area contributed by atoms with Gasteiger partial charge in [0.15, 0.2) is 0 Å². The van der Waals surface area contributed by atoms with Gasteiger partial charge < -0.3 is 19.3 Å². The second-order valence-corrected chi connectivity index (χ2v) is 10.9. The highest BCUT2D eigenvalue weighted by atomic mass is 32.1. The van der Waals surface area contributed by atoms with Crippen LogP contribution in [0.25, 0.3) is 0 Å². The molecule has 0 N–H and O–H groups in total. The predicted molar refractivity (Wildman–Crippen MR) is 140 cm³/mol. The summed E-state index contributed by atoms with van der Waals surface area (Å²) < 4.78 is 11.5. The minimum Gasteiger partial charge on any atom is -0.466 e. The molecule has 0 bridgehead atoms. The van der Waals surface area contributed by atoms with Gasteiger partial charge in [-0.2, -0.15) is 0 Å². The Morgan fingerprint density at radius 1 is 1.00 bits per heavy atom. The van der Waals surface area contributed by atoms with Crippen molar-refractivity contribution in [2.75, 3.05) is 39.4 Å². The van der Waals surface area contributed by atoms with E-state index >= 15 is 0 Å². The van der Waals surface area contributed by atoms with Gasteiger partial charge in [0.1, 0.15) is 11.8 Å². The number of thiophene rings is 1. The quantitative estimate of drug-likeness (QED) is 0.542. The molecule has 5 rings (SSSR count). The third-order valence-electron chi connectivity index (χ3n) is 7.70. The normalized spacial score (nSPS) is 22.9. The molecule has 2 atom stereocenters. The molecule has 3 fully saturated rings. The van der Waals surface area contributed by atoms with Crippen LogP contribution >= 0.6 is 11.3 Å². The number of amides is 3. The number of ether oxygens (including phenoxy) is 2. The molecule has 1 aromatic heterocycles. The van der Waals surface area contributed by atoms with Crippen molar-refractivity contribution in [1.29, 1.82) is 0 Å². The maximum absolute atomic E-state index is 13.9. The fourth-order valence-corrected chi connectivity index (χ4v) is 6.42. The molecule has 38 heavy (non-hydrogen) atoms. The fraction of sp³-hybridized carbons (Fsp3) is 0.500. The van der Waals surface area contributed by atoms with E-state index in [-0.39, 0.29) is 42.8 Å². The second kappa shape index (κ2) is 11.2. The number of piperidine rings is 2. The molecule has 0 radical (unpaired) electrons. The smallest absolute Gasteiger partial charge is 0.310 e. The van der Waals surface area contributed by atoms with Gasteiger partial charge in [-0.15, -0.1) is 11.3 Å². The van der Waals surface area contributed by atoms with Crippen LogP contribution in [0.3, 0.4) is 0 Å². The van der Waals surface area contributed by atoms with Gasteiger partial charge in [-0.05, 0) is 43.3 Å². The van der Waals surface area contributed by atoms with Crippen LogP contribution in [0.15, 0.2) is 47.8 Å². The average molecular weight is 540 g/mol. The maximum Gasteiger partial charge on any atom is 0.310 e. The van der Waals surface area contributed by atoms with Crippen molar-refractivity contribution >= 4 is 35.0 Å². The van der Waals surface area contributed by atoms with Gasteiger partial charge in [0.2, 0.25) is 5.91 Å². The second-order valence-electron chi connectivity index (χ2n) is 9.96. The molecule has 0 saturated carbocycles. The van der Waals surface area contributed by atoms with Gasteiger partial charge in [-0.25, -0.2) is 0 Å². The Labute approximate surface area is 226 Å². The molecular formula is C28H33N3O6S. The Bertz CT molecular complexity index is 1160. The van der Waals surface area contributed by atoms with E-state index in [1.165, 1.54) is 11.3 Å². The third kappa shape index (κ3) is 5.07. The minimum absolute atomic E-state index is 0.0280. The number of hydrogen-bond donors (Lipinski definition) is 0. The molecule has 10 heteroatoms. The topological polar surface area (TPSA) is 96.5 Å². The largest absolute Gasteiger partial charge is 0.466 e. The van der Waals surface area contributed by atoms with Crippen LogP contribution < -0.4 is 0 Å². The van der Waals surface area contributed by atoms with Crippen molar-refractivity contribution in [1.82, 2.24) is 14.7 Å². The highest BCUT2D eigenvalue weighted by molar-refractivity contribution is 7.12. The van der Waals surface area contributed by atoms with Crippen molar-refractivity contribution in [3.8, 4) is 0 Å². The monoisotopic (exact) mass is 539 g/mol. The molecule has 202 valence electrons. The summed E-state index contributed by atoms with van der Waals surface area (Å²) in [5, 5.41) is 1.88.